The molecule has 0 amide bonds. The predicted octanol–water partition coefficient (Wildman–Crippen LogP) is 8.20. The predicted molar refractivity (Wildman–Crippen MR) is 125 cm³/mol. The maximum Gasteiger partial charge on any atom is 0.134 e. The van der Waals surface area contributed by atoms with E-state index in [0.717, 1.165) is 52.7 Å². The molecule has 0 N–H and O–H groups in total. The van der Waals surface area contributed by atoms with Crippen LogP contribution < -0.4 is 4.74 Å². The lowest BCUT2D eigenvalue weighted by Crippen LogP contribution is -2.25. The highest BCUT2D eigenvalue weighted by Crippen LogP contribution is 2.45. The molecule has 0 spiro atoms. The maximum absolute atomic E-state index is 15.4. The van der Waals surface area contributed by atoms with E-state index in [9.17, 15) is 0 Å². The first-order valence-corrected chi connectivity index (χ1v) is 11.8. The molecule has 0 unspecified atom stereocenters. The molecule has 1 nitrogen and oxygen atoms in total. The fraction of sp³-hybridized carbons (Fsp3) is 0.500. The minimum atomic E-state index is -0.0255. The van der Waals surface area contributed by atoms with Gasteiger partial charge in [-0.2, -0.15) is 0 Å². The van der Waals surface area contributed by atoms with Gasteiger partial charge in [-0.05, 0) is 111 Å². The topological polar surface area (TPSA) is 9.23 Å². The number of benzene rings is 2. The van der Waals surface area contributed by atoms with Crippen LogP contribution in [0.1, 0.15) is 69.8 Å². The number of rotatable bonds is 6. The van der Waals surface area contributed by atoms with E-state index in [1.54, 1.807) is 0 Å². The average Bonchev–Trinajstić information content (AvgIpc) is 2.80. The number of ether oxygens (including phenoxy) is 1. The third-order valence-corrected chi connectivity index (χ3v) is 7.57. The molecule has 0 radical (unpaired) electrons. The second-order valence-corrected chi connectivity index (χ2v) is 9.25. The van der Waals surface area contributed by atoms with E-state index in [0.29, 0.717) is 12.5 Å². The molecule has 0 aromatic heterocycles. The summed E-state index contributed by atoms with van der Waals surface area (Å²) in [6.07, 6.45) is 16.2. The van der Waals surface area contributed by atoms with Crippen LogP contribution in [0.2, 0.25) is 0 Å². The Morgan fingerprint density at radius 3 is 2.33 bits per heavy atom. The molecule has 2 aliphatic carbocycles. The molecule has 2 aromatic rings. The van der Waals surface area contributed by atoms with Gasteiger partial charge in [0.2, 0.25) is 0 Å². The summed E-state index contributed by atoms with van der Waals surface area (Å²) in [5.74, 6) is 3.58. The summed E-state index contributed by atoms with van der Waals surface area (Å²) in [5, 5.41) is 1.64. The van der Waals surface area contributed by atoms with Gasteiger partial charge in [-0.3, -0.25) is 0 Å². The Morgan fingerprint density at radius 1 is 0.967 bits per heavy atom. The lowest BCUT2D eigenvalue weighted by molar-refractivity contribution is 0.171. The Balaban J connectivity index is 1.41. The fourth-order valence-corrected chi connectivity index (χ4v) is 5.69. The van der Waals surface area contributed by atoms with Gasteiger partial charge in [0.25, 0.3) is 0 Å². The van der Waals surface area contributed by atoms with Crippen molar-refractivity contribution in [1.29, 1.82) is 0 Å². The monoisotopic (exact) mass is 406 g/mol. The first kappa shape index (κ1) is 21.2. The number of fused-ring (bicyclic) bond motifs is 1. The summed E-state index contributed by atoms with van der Waals surface area (Å²) < 4.78 is 21.1. The molecule has 0 bridgehead atoms. The number of hydrogen-bond acceptors (Lipinski definition) is 1. The molecule has 0 atom stereocenters. The molecule has 2 aliphatic rings. The maximum atomic E-state index is 15.4. The van der Waals surface area contributed by atoms with Gasteiger partial charge in [0, 0.05) is 5.39 Å². The van der Waals surface area contributed by atoms with Gasteiger partial charge in [0.15, 0.2) is 0 Å². The van der Waals surface area contributed by atoms with Crippen molar-refractivity contribution in [2.24, 2.45) is 17.8 Å². The molecule has 4 rings (SSSR count). The van der Waals surface area contributed by atoms with E-state index >= 15 is 4.39 Å². The summed E-state index contributed by atoms with van der Waals surface area (Å²) in [6, 6.07) is 9.80. The van der Waals surface area contributed by atoms with Gasteiger partial charge in [-0.1, -0.05) is 30.4 Å². The Bertz CT molecular complexity index is 883. The molecule has 0 saturated heterocycles. The first-order valence-electron chi connectivity index (χ1n) is 11.8. The summed E-state index contributed by atoms with van der Waals surface area (Å²) in [4.78, 5) is 0. The first-order chi connectivity index (χ1) is 14.7. The van der Waals surface area contributed by atoms with Crippen LogP contribution in [0.3, 0.4) is 0 Å². The molecule has 2 saturated carbocycles. The highest BCUT2D eigenvalue weighted by Gasteiger charge is 2.31. The molecule has 0 heterocycles. The van der Waals surface area contributed by atoms with E-state index in [4.69, 9.17) is 4.74 Å². The van der Waals surface area contributed by atoms with Crippen molar-refractivity contribution in [2.75, 3.05) is 6.61 Å². The molecular weight excluding hydrogens is 371 g/mol. The molecule has 0 aliphatic heterocycles. The van der Waals surface area contributed by atoms with Crippen LogP contribution in [0.5, 0.6) is 5.75 Å². The Hall–Kier alpha value is -2.09. The standard InChI is InChI=1S/C28H35FO/c1-3-5-18-30-25-15-17-27-24(19-25)14-16-26(28(27)29)23-12-10-22(11-13-23)21-8-6-20(4-2)7-9-21/h3-5,14-17,19-23H,2,6-13,18H2,1H3. The molecule has 2 heteroatoms. The van der Waals surface area contributed by atoms with Crippen LogP contribution in [0.15, 0.2) is 55.1 Å². The smallest absolute Gasteiger partial charge is 0.134 e. The van der Waals surface area contributed by atoms with Crippen molar-refractivity contribution in [3.8, 4) is 5.75 Å². The van der Waals surface area contributed by atoms with Gasteiger partial charge in [0.1, 0.15) is 18.2 Å². The summed E-state index contributed by atoms with van der Waals surface area (Å²) in [6.45, 7) is 6.49. The lowest BCUT2D eigenvalue weighted by atomic mass is 9.68. The van der Waals surface area contributed by atoms with Crippen molar-refractivity contribution >= 4 is 10.8 Å². The van der Waals surface area contributed by atoms with Crippen LogP contribution in [-0.4, -0.2) is 6.61 Å². The van der Waals surface area contributed by atoms with Gasteiger partial charge >= 0.3 is 0 Å². The van der Waals surface area contributed by atoms with Gasteiger partial charge in [-0.25, -0.2) is 4.39 Å². The minimum absolute atomic E-state index is 0.0255. The van der Waals surface area contributed by atoms with Crippen LogP contribution in [-0.2, 0) is 0 Å². The van der Waals surface area contributed by atoms with Crippen LogP contribution in [0.4, 0.5) is 4.39 Å². The zero-order valence-corrected chi connectivity index (χ0v) is 18.3. The Morgan fingerprint density at radius 2 is 1.67 bits per heavy atom. The molecule has 2 aromatic carbocycles. The third-order valence-electron chi connectivity index (χ3n) is 7.57. The minimum Gasteiger partial charge on any atom is -0.490 e. The largest absolute Gasteiger partial charge is 0.490 e. The van der Waals surface area contributed by atoms with Crippen molar-refractivity contribution in [1.82, 2.24) is 0 Å². The van der Waals surface area contributed by atoms with E-state index in [1.807, 2.05) is 43.3 Å². The molecular formula is C28H35FO. The quantitative estimate of drug-likeness (QED) is 0.439. The molecule has 30 heavy (non-hydrogen) atoms. The fourth-order valence-electron chi connectivity index (χ4n) is 5.69. The second kappa shape index (κ2) is 9.81. The van der Waals surface area contributed by atoms with Crippen molar-refractivity contribution < 1.29 is 9.13 Å². The number of allylic oxidation sites excluding steroid dienone is 2. The Kier molecular flexibility index (Phi) is 6.92. The van der Waals surface area contributed by atoms with Gasteiger partial charge in [0.05, 0.1) is 0 Å². The summed E-state index contributed by atoms with van der Waals surface area (Å²) in [7, 11) is 0. The van der Waals surface area contributed by atoms with E-state index in [2.05, 4.69) is 18.7 Å². The van der Waals surface area contributed by atoms with E-state index in [1.165, 1.54) is 38.5 Å². The van der Waals surface area contributed by atoms with Gasteiger partial charge < -0.3 is 4.74 Å². The van der Waals surface area contributed by atoms with Gasteiger partial charge in [-0.15, -0.1) is 6.58 Å². The highest BCUT2D eigenvalue weighted by atomic mass is 19.1. The second-order valence-electron chi connectivity index (χ2n) is 9.25. The van der Waals surface area contributed by atoms with Crippen LogP contribution >= 0.6 is 0 Å². The van der Waals surface area contributed by atoms with Crippen LogP contribution in [0.25, 0.3) is 10.8 Å². The summed E-state index contributed by atoms with van der Waals surface area (Å²) >= 11 is 0. The van der Waals surface area contributed by atoms with Crippen molar-refractivity contribution in [2.45, 2.75) is 64.2 Å². The number of halogens is 1. The average molecular weight is 407 g/mol. The van der Waals surface area contributed by atoms with E-state index in [-0.39, 0.29) is 5.82 Å². The van der Waals surface area contributed by atoms with Crippen molar-refractivity contribution in [3.05, 3.63) is 66.5 Å². The highest BCUT2D eigenvalue weighted by molar-refractivity contribution is 5.85. The normalized spacial score (nSPS) is 27.4. The zero-order valence-electron chi connectivity index (χ0n) is 18.3. The third kappa shape index (κ3) is 4.63. The zero-order chi connectivity index (χ0) is 20.9. The number of hydrogen-bond donors (Lipinski definition) is 0. The molecule has 2 fully saturated rings. The summed E-state index contributed by atoms with van der Waals surface area (Å²) in [5.41, 5.74) is 0.916. The lowest BCUT2D eigenvalue weighted by Gasteiger charge is -2.37. The Labute approximate surface area is 181 Å². The van der Waals surface area contributed by atoms with E-state index < -0.39 is 0 Å². The SMILES string of the molecule is C=CC1CCC(C2CCC(c3ccc4cc(OCC=CC)ccc4c3F)CC2)CC1. The van der Waals surface area contributed by atoms with Crippen LogP contribution in [0, 0.1) is 23.6 Å². The molecule has 160 valence electrons. The van der Waals surface area contributed by atoms with Crippen molar-refractivity contribution in [3.63, 3.8) is 0 Å².